The lowest BCUT2D eigenvalue weighted by Crippen LogP contribution is -2.52. The number of piperidine rings is 1. The van der Waals surface area contributed by atoms with Crippen molar-refractivity contribution in [1.82, 2.24) is 0 Å². The van der Waals surface area contributed by atoms with Gasteiger partial charge in [-0.25, -0.2) is 4.79 Å². The average molecular weight is 319 g/mol. The molecule has 0 bridgehead atoms. The molecule has 3 rings (SSSR count). The number of ether oxygens (including phenoxy) is 1. The van der Waals surface area contributed by atoms with Gasteiger partial charge in [0.1, 0.15) is 0 Å². The van der Waals surface area contributed by atoms with Crippen molar-refractivity contribution in [3.05, 3.63) is 29.8 Å². The van der Waals surface area contributed by atoms with Crippen LogP contribution in [-0.4, -0.2) is 42.4 Å². The number of nitrogens with zero attached hydrogens (tertiary/aromatic N) is 1. The van der Waals surface area contributed by atoms with Gasteiger partial charge in [-0.2, -0.15) is 0 Å². The lowest BCUT2D eigenvalue weighted by atomic mass is 9.95. The highest BCUT2D eigenvalue weighted by Gasteiger charge is 2.43. The zero-order valence-corrected chi connectivity index (χ0v) is 12.8. The van der Waals surface area contributed by atoms with Crippen LogP contribution in [0.3, 0.4) is 0 Å². The van der Waals surface area contributed by atoms with Crippen LogP contribution >= 0.6 is 0 Å². The zero-order chi connectivity index (χ0) is 16.6. The number of amides is 2. The van der Waals surface area contributed by atoms with Crippen LogP contribution < -0.4 is 16.4 Å². The van der Waals surface area contributed by atoms with Crippen LogP contribution in [0.1, 0.15) is 24.8 Å². The molecule has 1 aromatic rings. The first kappa shape index (κ1) is 15.8. The van der Waals surface area contributed by atoms with Gasteiger partial charge in [-0.3, -0.25) is 4.79 Å². The van der Waals surface area contributed by atoms with E-state index in [-0.39, 0.29) is 24.3 Å². The van der Waals surface area contributed by atoms with Gasteiger partial charge in [0.15, 0.2) is 6.10 Å². The summed E-state index contributed by atoms with van der Waals surface area (Å²) in [7, 11) is 0. The number of hydrogen-bond acceptors (Lipinski definition) is 5. The highest BCUT2D eigenvalue weighted by Crippen LogP contribution is 2.47. The predicted octanol–water partition coefficient (Wildman–Crippen LogP) is 0.238. The van der Waals surface area contributed by atoms with Crippen molar-refractivity contribution in [1.29, 1.82) is 0 Å². The normalized spacial score (nSPS) is 26.0. The van der Waals surface area contributed by atoms with Gasteiger partial charge in [0.2, 0.25) is 0 Å². The number of carbonyl (C=O) groups is 2. The third-order valence-electron chi connectivity index (χ3n) is 4.71. The fourth-order valence-corrected chi connectivity index (χ4v) is 3.12. The van der Waals surface area contributed by atoms with Gasteiger partial charge in [0.25, 0.3) is 5.91 Å². The Kier molecular flexibility index (Phi) is 3.99. The first-order valence-electron chi connectivity index (χ1n) is 7.71. The van der Waals surface area contributed by atoms with E-state index in [2.05, 4.69) is 0 Å². The van der Waals surface area contributed by atoms with E-state index in [4.69, 9.17) is 16.2 Å². The molecule has 1 saturated heterocycles. The van der Waals surface area contributed by atoms with Gasteiger partial charge in [0, 0.05) is 24.1 Å². The second-order valence-electron chi connectivity index (χ2n) is 6.30. The molecular weight excluding hydrogens is 298 g/mol. The SMILES string of the molecule is NCC1(c2ccc(N3CC(O)CC(OC(N)=O)C3=O)cc2)CC1. The lowest BCUT2D eigenvalue weighted by Gasteiger charge is -2.34. The van der Waals surface area contributed by atoms with Gasteiger partial charge < -0.3 is 26.2 Å². The molecule has 2 aliphatic rings. The minimum absolute atomic E-state index is 0.0621. The third-order valence-corrected chi connectivity index (χ3v) is 4.71. The third kappa shape index (κ3) is 3.02. The van der Waals surface area contributed by atoms with Gasteiger partial charge in [-0.1, -0.05) is 12.1 Å². The smallest absolute Gasteiger partial charge is 0.405 e. The maximum absolute atomic E-state index is 12.4. The number of carbonyl (C=O) groups excluding carboxylic acids is 2. The molecule has 7 nitrogen and oxygen atoms in total. The molecule has 1 aliphatic carbocycles. The summed E-state index contributed by atoms with van der Waals surface area (Å²) in [5.74, 6) is -0.373. The minimum atomic E-state index is -1.05. The fraction of sp³-hybridized carbons (Fsp3) is 0.500. The largest absolute Gasteiger partial charge is 0.436 e. The second kappa shape index (κ2) is 5.82. The molecule has 2 unspecified atom stereocenters. The number of β-amino-alcohol motifs (C(OH)–C–C–N with tert-alkyl or cyclic N) is 1. The molecule has 1 heterocycles. The molecule has 2 fully saturated rings. The van der Waals surface area contributed by atoms with Crippen molar-refractivity contribution >= 4 is 17.7 Å². The molecule has 0 aromatic heterocycles. The van der Waals surface area contributed by atoms with E-state index in [1.807, 2.05) is 24.3 Å². The first-order chi connectivity index (χ1) is 10.9. The summed E-state index contributed by atoms with van der Waals surface area (Å²) in [5, 5.41) is 9.93. The van der Waals surface area contributed by atoms with E-state index in [0.29, 0.717) is 12.2 Å². The van der Waals surface area contributed by atoms with Crippen LogP contribution in [0.5, 0.6) is 0 Å². The van der Waals surface area contributed by atoms with Crippen LogP contribution in [0, 0.1) is 0 Å². The molecule has 1 saturated carbocycles. The van der Waals surface area contributed by atoms with Gasteiger partial charge in [0.05, 0.1) is 12.6 Å². The summed E-state index contributed by atoms with van der Waals surface area (Å²) >= 11 is 0. The molecule has 23 heavy (non-hydrogen) atoms. The van der Waals surface area contributed by atoms with E-state index >= 15 is 0 Å². The van der Waals surface area contributed by atoms with Crippen molar-refractivity contribution < 1.29 is 19.4 Å². The summed E-state index contributed by atoms with van der Waals surface area (Å²) in [6, 6.07) is 7.60. The summed E-state index contributed by atoms with van der Waals surface area (Å²) in [5.41, 5.74) is 12.7. The van der Waals surface area contributed by atoms with Gasteiger partial charge in [-0.15, -0.1) is 0 Å². The van der Waals surface area contributed by atoms with E-state index in [1.54, 1.807) is 0 Å². The highest BCUT2D eigenvalue weighted by molar-refractivity contribution is 5.98. The average Bonchev–Trinajstić information content (AvgIpc) is 3.31. The number of rotatable bonds is 4. The second-order valence-corrected chi connectivity index (χ2v) is 6.30. The van der Waals surface area contributed by atoms with Crippen LogP contribution in [0.15, 0.2) is 24.3 Å². The maximum atomic E-state index is 12.4. The quantitative estimate of drug-likeness (QED) is 0.734. The fourth-order valence-electron chi connectivity index (χ4n) is 3.12. The lowest BCUT2D eigenvalue weighted by molar-refractivity contribution is -0.131. The molecule has 124 valence electrons. The Morgan fingerprint density at radius 3 is 2.52 bits per heavy atom. The standard InChI is InChI=1S/C16H21N3O4/c17-9-16(5-6-16)10-1-3-11(4-2-10)19-8-12(20)7-13(14(19)21)23-15(18)22/h1-4,12-13,20H,5-9,17H2,(H2,18,22). The van der Waals surface area contributed by atoms with Crippen LogP contribution in [0.25, 0.3) is 0 Å². The number of nitrogens with two attached hydrogens (primary N) is 2. The maximum Gasteiger partial charge on any atom is 0.405 e. The Labute approximate surface area is 134 Å². The molecule has 7 heteroatoms. The van der Waals surface area contributed by atoms with E-state index in [9.17, 15) is 14.7 Å². The predicted molar refractivity (Wildman–Crippen MR) is 83.8 cm³/mol. The van der Waals surface area contributed by atoms with Gasteiger partial charge in [-0.05, 0) is 30.5 Å². The molecule has 1 aliphatic heterocycles. The van der Waals surface area contributed by atoms with Crippen LogP contribution in [-0.2, 0) is 14.9 Å². The Bertz CT molecular complexity index is 612. The molecular formula is C16H21N3O4. The number of anilines is 1. The van der Waals surface area contributed by atoms with E-state index in [0.717, 1.165) is 12.8 Å². The number of aliphatic hydroxyl groups is 1. The number of aliphatic hydroxyl groups excluding tert-OH is 1. The summed E-state index contributed by atoms with van der Waals surface area (Å²) in [6.45, 7) is 0.779. The molecule has 2 amide bonds. The minimum Gasteiger partial charge on any atom is -0.436 e. The Morgan fingerprint density at radius 2 is 2.00 bits per heavy atom. The van der Waals surface area contributed by atoms with Crippen molar-refractivity contribution in [3.8, 4) is 0 Å². The Balaban J connectivity index is 1.79. The molecule has 2 atom stereocenters. The number of benzene rings is 1. The number of primary amides is 1. The molecule has 1 aromatic carbocycles. The summed E-state index contributed by atoms with van der Waals surface area (Å²) in [6.07, 6.45) is -0.610. The topological polar surface area (TPSA) is 119 Å². The summed E-state index contributed by atoms with van der Waals surface area (Å²) < 4.78 is 4.80. The Hall–Kier alpha value is -2.12. The summed E-state index contributed by atoms with van der Waals surface area (Å²) in [4.78, 5) is 24.7. The van der Waals surface area contributed by atoms with Crippen LogP contribution in [0.4, 0.5) is 10.5 Å². The molecule has 0 radical (unpaired) electrons. The molecule has 0 spiro atoms. The zero-order valence-electron chi connectivity index (χ0n) is 12.8. The van der Waals surface area contributed by atoms with Crippen molar-refractivity contribution in [2.75, 3.05) is 18.0 Å². The van der Waals surface area contributed by atoms with E-state index < -0.39 is 18.3 Å². The van der Waals surface area contributed by atoms with Gasteiger partial charge >= 0.3 is 6.09 Å². The highest BCUT2D eigenvalue weighted by atomic mass is 16.6. The van der Waals surface area contributed by atoms with Crippen molar-refractivity contribution in [3.63, 3.8) is 0 Å². The first-order valence-corrected chi connectivity index (χ1v) is 7.71. The number of hydrogen-bond donors (Lipinski definition) is 3. The monoisotopic (exact) mass is 319 g/mol. The molecule has 5 N–H and O–H groups in total. The van der Waals surface area contributed by atoms with Crippen molar-refractivity contribution in [2.45, 2.75) is 36.9 Å². The van der Waals surface area contributed by atoms with Crippen molar-refractivity contribution in [2.24, 2.45) is 11.5 Å². The Morgan fingerprint density at radius 1 is 1.35 bits per heavy atom. The van der Waals surface area contributed by atoms with E-state index in [1.165, 1.54) is 10.5 Å². The van der Waals surface area contributed by atoms with Crippen LogP contribution in [0.2, 0.25) is 0 Å².